The molecule has 0 spiro atoms. The monoisotopic (exact) mass is 236 g/mol. The maximum absolute atomic E-state index is 6.06. The highest BCUT2D eigenvalue weighted by molar-refractivity contribution is 5.13. The van der Waals surface area contributed by atoms with Gasteiger partial charge >= 0.3 is 0 Å². The van der Waals surface area contributed by atoms with Crippen molar-refractivity contribution in [2.45, 2.75) is 64.3 Å². The summed E-state index contributed by atoms with van der Waals surface area (Å²) in [5.41, 5.74) is 6.16. The lowest BCUT2D eigenvalue weighted by molar-refractivity contribution is 0.275. The molecule has 0 aromatic carbocycles. The van der Waals surface area contributed by atoms with Crippen molar-refractivity contribution < 1.29 is 0 Å². The van der Waals surface area contributed by atoms with Crippen LogP contribution in [0.4, 0.5) is 0 Å². The van der Waals surface area contributed by atoms with Crippen molar-refractivity contribution in [1.82, 2.24) is 14.8 Å². The van der Waals surface area contributed by atoms with E-state index in [2.05, 4.69) is 21.7 Å². The van der Waals surface area contributed by atoms with E-state index in [1.165, 1.54) is 32.1 Å². The molecule has 1 aromatic heterocycles. The van der Waals surface area contributed by atoms with Gasteiger partial charge in [0.05, 0.1) is 0 Å². The number of aromatic nitrogens is 3. The molecule has 0 radical (unpaired) electrons. The third-order valence-electron chi connectivity index (χ3n) is 4.06. The molecule has 0 amide bonds. The molecular weight excluding hydrogens is 212 g/mol. The largest absolute Gasteiger partial charge is 0.329 e. The SMILES string of the molecule is CCCn1c(C)nnc1C1(CN)CCCCC1. The van der Waals surface area contributed by atoms with Gasteiger partial charge in [0.25, 0.3) is 0 Å². The summed E-state index contributed by atoms with van der Waals surface area (Å²) in [6.07, 6.45) is 7.34. The lowest BCUT2D eigenvalue weighted by atomic mass is 9.73. The van der Waals surface area contributed by atoms with Gasteiger partial charge < -0.3 is 10.3 Å². The minimum Gasteiger partial charge on any atom is -0.329 e. The Bertz CT molecular complexity index is 363. The van der Waals surface area contributed by atoms with Crippen molar-refractivity contribution in [1.29, 1.82) is 0 Å². The topological polar surface area (TPSA) is 56.7 Å². The highest BCUT2D eigenvalue weighted by Crippen LogP contribution is 2.37. The molecule has 1 aromatic rings. The lowest BCUT2D eigenvalue weighted by Crippen LogP contribution is -2.40. The Kier molecular flexibility index (Phi) is 3.82. The lowest BCUT2D eigenvalue weighted by Gasteiger charge is -2.35. The Morgan fingerprint density at radius 2 is 1.94 bits per heavy atom. The van der Waals surface area contributed by atoms with Crippen molar-refractivity contribution in [3.05, 3.63) is 11.6 Å². The molecule has 0 bridgehead atoms. The van der Waals surface area contributed by atoms with Gasteiger partial charge in [-0.2, -0.15) is 0 Å². The quantitative estimate of drug-likeness (QED) is 0.871. The molecule has 96 valence electrons. The second-order valence-corrected chi connectivity index (χ2v) is 5.27. The van der Waals surface area contributed by atoms with Crippen LogP contribution >= 0.6 is 0 Å². The number of rotatable bonds is 4. The van der Waals surface area contributed by atoms with E-state index in [0.717, 1.165) is 24.6 Å². The minimum atomic E-state index is 0.0919. The Morgan fingerprint density at radius 3 is 2.53 bits per heavy atom. The Morgan fingerprint density at radius 1 is 1.24 bits per heavy atom. The zero-order valence-corrected chi connectivity index (χ0v) is 11.1. The zero-order chi connectivity index (χ0) is 12.3. The molecule has 1 aliphatic carbocycles. The van der Waals surface area contributed by atoms with Gasteiger partial charge in [-0.15, -0.1) is 10.2 Å². The van der Waals surface area contributed by atoms with Crippen LogP contribution in [0, 0.1) is 6.92 Å². The van der Waals surface area contributed by atoms with E-state index >= 15 is 0 Å². The van der Waals surface area contributed by atoms with Crippen LogP contribution in [-0.2, 0) is 12.0 Å². The van der Waals surface area contributed by atoms with E-state index in [0.29, 0.717) is 6.54 Å². The van der Waals surface area contributed by atoms with Crippen molar-refractivity contribution >= 4 is 0 Å². The molecule has 1 heterocycles. The third kappa shape index (κ3) is 2.23. The van der Waals surface area contributed by atoms with Crippen LogP contribution in [0.1, 0.15) is 57.1 Å². The van der Waals surface area contributed by atoms with Gasteiger partial charge in [0, 0.05) is 18.5 Å². The summed E-state index contributed by atoms with van der Waals surface area (Å²) < 4.78 is 2.28. The zero-order valence-electron chi connectivity index (χ0n) is 11.1. The predicted octanol–water partition coefficient (Wildman–Crippen LogP) is 2.16. The summed E-state index contributed by atoms with van der Waals surface area (Å²) >= 11 is 0. The van der Waals surface area contributed by atoms with Crippen LogP contribution in [0.25, 0.3) is 0 Å². The normalized spacial score (nSPS) is 19.5. The maximum atomic E-state index is 6.06. The number of nitrogens with two attached hydrogens (primary N) is 1. The van der Waals surface area contributed by atoms with Crippen molar-refractivity contribution in [2.24, 2.45) is 5.73 Å². The molecule has 2 N–H and O–H groups in total. The van der Waals surface area contributed by atoms with Crippen LogP contribution in [0.3, 0.4) is 0 Å². The molecule has 0 saturated heterocycles. The summed E-state index contributed by atoms with van der Waals surface area (Å²) in [6, 6.07) is 0. The molecule has 0 aliphatic heterocycles. The molecule has 0 atom stereocenters. The highest BCUT2D eigenvalue weighted by Gasteiger charge is 2.37. The minimum absolute atomic E-state index is 0.0919. The standard InChI is InChI=1S/C13H24N4/c1-3-9-17-11(2)15-16-12(17)13(10-14)7-5-4-6-8-13/h3-10,14H2,1-2H3. The fraction of sp³-hybridized carbons (Fsp3) is 0.846. The average Bonchev–Trinajstić information content (AvgIpc) is 2.73. The summed E-state index contributed by atoms with van der Waals surface area (Å²) in [7, 11) is 0. The Hall–Kier alpha value is -0.900. The Balaban J connectivity index is 2.35. The van der Waals surface area contributed by atoms with Crippen LogP contribution < -0.4 is 5.73 Å². The first-order valence-corrected chi connectivity index (χ1v) is 6.84. The van der Waals surface area contributed by atoms with Gasteiger partial charge in [-0.25, -0.2) is 0 Å². The van der Waals surface area contributed by atoms with E-state index in [-0.39, 0.29) is 5.41 Å². The second kappa shape index (κ2) is 5.17. The number of hydrogen-bond acceptors (Lipinski definition) is 3. The molecule has 4 nitrogen and oxygen atoms in total. The van der Waals surface area contributed by atoms with Crippen LogP contribution in [0.5, 0.6) is 0 Å². The summed E-state index contributed by atoms with van der Waals surface area (Å²) in [6.45, 7) is 5.95. The van der Waals surface area contributed by atoms with Gasteiger partial charge in [-0.05, 0) is 26.2 Å². The fourth-order valence-corrected chi connectivity index (χ4v) is 3.01. The molecule has 1 aliphatic rings. The van der Waals surface area contributed by atoms with E-state index in [1.54, 1.807) is 0 Å². The first-order chi connectivity index (χ1) is 8.23. The van der Waals surface area contributed by atoms with E-state index in [1.807, 2.05) is 6.92 Å². The van der Waals surface area contributed by atoms with Crippen LogP contribution in [-0.4, -0.2) is 21.3 Å². The number of nitrogens with zero attached hydrogens (tertiary/aromatic N) is 3. The van der Waals surface area contributed by atoms with Crippen LogP contribution in [0.2, 0.25) is 0 Å². The second-order valence-electron chi connectivity index (χ2n) is 5.27. The van der Waals surface area contributed by atoms with E-state index < -0.39 is 0 Å². The van der Waals surface area contributed by atoms with Crippen molar-refractivity contribution in [3.8, 4) is 0 Å². The maximum Gasteiger partial charge on any atom is 0.140 e. The Labute approximate surface area is 104 Å². The van der Waals surface area contributed by atoms with Gasteiger partial charge in [0.2, 0.25) is 0 Å². The van der Waals surface area contributed by atoms with Gasteiger partial charge in [-0.3, -0.25) is 0 Å². The number of aryl methyl sites for hydroxylation is 1. The summed E-state index contributed by atoms with van der Waals surface area (Å²) in [5.74, 6) is 2.17. The van der Waals surface area contributed by atoms with Crippen molar-refractivity contribution in [3.63, 3.8) is 0 Å². The van der Waals surface area contributed by atoms with Gasteiger partial charge in [-0.1, -0.05) is 26.2 Å². The molecule has 0 unspecified atom stereocenters. The van der Waals surface area contributed by atoms with Gasteiger partial charge in [0.15, 0.2) is 0 Å². The first kappa shape index (κ1) is 12.6. The summed E-state index contributed by atoms with van der Waals surface area (Å²) in [4.78, 5) is 0. The van der Waals surface area contributed by atoms with E-state index in [4.69, 9.17) is 5.73 Å². The van der Waals surface area contributed by atoms with E-state index in [9.17, 15) is 0 Å². The smallest absolute Gasteiger partial charge is 0.140 e. The predicted molar refractivity (Wildman–Crippen MR) is 68.9 cm³/mol. The first-order valence-electron chi connectivity index (χ1n) is 6.84. The van der Waals surface area contributed by atoms with Gasteiger partial charge in [0.1, 0.15) is 11.6 Å². The molecule has 4 heteroatoms. The molecule has 2 rings (SSSR count). The molecule has 1 saturated carbocycles. The summed E-state index contributed by atoms with van der Waals surface area (Å²) in [5, 5.41) is 8.69. The number of hydrogen-bond donors (Lipinski definition) is 1. The highest BCUT2D eigenvalue weighted by atomic mass is 15.3. The van der Waals surface area contributed by atoms with Crippen LogP contribution in [0.15, 0.2) is 0 Å². The fourth-order valence-electron chi connectivity index (χ4n) is 3.01. The van der Waals surface area contributed by atoms with Crippen molar-refractivity contribution in [2.75, 3.05) is 6.54 Å². The molecule has 17 heavy (non-hydrogen) atoms. The molecule has 1 fully saturated rings. The average molecular weight is 236 g/mol. The molecular formula is C13H24N4. The third-order valence-corrected chi connectivity index (χ3v) is 4.06.